The zero-order valence-corrected chi connectivity index (χ0v) is 9.49. The lowest BCUT2D eigenvalue weighted by Crippen LogP contribution is -2.59. The van der Waals surface area contributed by atoms with Crippen molar-refractivity contribution in [2.75, 3.05) is 26.2 Å². The van der Waals surface area contributed by atoms with Crippen LogP contribution in [0.4, 0.5) is 0 Å². The van der Waals surface area contributed by atoms with Gasteiger partial charge in [-0.2, -0.15) is 0 Å². The third-order valence-corrected chi connectivity index (χ3v) is 2.81. The Morgan fingerprint density at radius 1 is 1.56 bits per heavy atom. The number of hydrogen-bond acceptors (Lipinski definition) is 4. The van der Waals surface area contributed by atoms with Gasteiger partial charge in [-0.3, -0.25) is 9.59 Å². The van der Waals surface area contributed by atoms with Crippen LogP contribution in [0.1, 0.15) is 13.8 Å². The molecule has 6 nitrogen and oxygen atoms in total. The van der Waals surface area contributed by atoms with E-state index in [1.165, 1.54) is 6.92 Å². The van der Waals surface area contributed by atoms with Crippen LogP contribution < -0.4 is 5.32 Å². The van der Waals surface area contributed by atoms with Crippen LogP contribution in [0.25, 0.3) is 0 Å². The molecule has 2 fully saturated rings. The van der Waals surface area contributed by atoms with Crippen LogP contribution in [-0.2, 0) is 19.1 Å². The number of likely N-dealkylation sites (N-methyl/N-ethyl adjacent to an activating group) is 1. The molecule has 2 atom stereocenters. The van der Waals surface area contributed by atoms with Crippen molar-refractivity contribution in [2.24, 2.45) is 0 Å². The first kappa shape index (κ1) is 11.3. The van der Waals surface area contributed by atoms with E-state index in [1.807, 2.05) is 6.92 Å². The lowest BCUT2D eigenvalue weighted by Gasteiger charge is -2.36. The zero-order valence-electron chi connectivity index (χ0n) is 9.49. The number of rotatable bonds is 2. The van der Waals surface area contributed by atoms with Crippen LogP contribution in [-0.4, -0.2) is 54.8 Å². The normalized spacial score (nSPS) is 32.6. The second kappa shape index (κ2) is 4.03. The van der Waals surface area contributed by atoms with Gasteiger partial charge in [-0.1, -0.05) is 0 Å². The number of nitrogens with one attached hydrogen (secondary N) is 1. The number of amides is 2. The molecule has 2 saturated heterocycles. The summed E-state index contributed by atoms with van der Waals surface area (Å²) in [6, 6.07) is 0. The summed E-state index contributed by atoms with van der Waals surface area (Å²) in [7, 11) is 0. The van der Waals surface area contributed by atoms with E-state index < -0.39 is 5.79 Å². The average molecular weight is 228 g/mol. The molecule has 0 aromatic heterocycles. The number of hydrogen-bond donors (Lipinski definition) is 1. The first-order valence-electron chi connectivity index (χ1n) is 5.43. The SMILES string of the molecule is CCNC(=O)[C@@]12CN(C(C)=O)C[C@@H](CO1)O2. The van der Waals surface area contributed by atoms with Gasteiger partial charge in [0.1, 0.15) is 6.10 Å². The van der Waals surface area contributed by atoms with Gasteiger partial charge in [0.25, 0.3) is 11.7 Å². The molecule has 0 spiro atoms. The van der Waals surface area contributed by atoms with Crippen LogP contribution in [0, 0.1) is 0 Å². The standard InChI is InChI=1S/C10H16N2O4/c1-3-11-9(14)10-6-12(7(2)13)4-8(16-10)5-15-10/h8H,3-6H2,1-2H3,(H,11,14)/t8-,10-/m0/s1. The van der Waals surface area contributed by atoms with Crippen molar-refractivity contribution in [3.8, 4) is 0 Å². The predicted octanol–water partition coefficient (Wildman–Crippen LogP) is -0.904. The molecular weight excluding hydrogens is 212 g/mol. The van der Waals surface area contributed by atoms with E-state index in [0.717, 1.165) is 0 Å². The maximum Gasteiger partial charge on any atom is 0.282 e. The summed E-state index contributed by atoms with van der Waals surface area (Å²) in [5.74, 6) is -1.65. The first-order chi connectivity index (χ1) is 7.57. The van der Waals surface area contributed by atoms with Gasteiger partial charge in [-0.05, 0) is 6.92 Å². The van der Waals surface area contributed by atoms with Gasteiger partial charge in [0, 0.05) is 20.0 Å². The molecular formula is C10H16N2O4. The molecule has 2 aliphatic rings. The molecule has 0 aromatic carbocycles. The molecule has 1 N–H and O–H groups in total. The van der Waals surface area contributed by atoms with E-state index >= 15 is 0 Å². The Balaban J connectivity index is 2.14. The molecule has 90 valence electrons. The molecule has 0 radical (unpaired) electrons. The average Bonchev–Trinajstić information content (AvgIpc) is 2.55. The highest BCUT2D eigenvalue weighted by molar-refractivity contribution is 5.85. The maximum absolute atomic E-state index is 11.8. The van der Waals surface area contributed by atoms with Crippen molar-refractivity contribution >= 4 is 11.8 Å². The second-order valence-corrected chi connectivity index (χ2v) is 4.06. The van der Waals surface area contributed by atoms with E-state index in [-0.39, 0.29) is 24.5 Å². The van der Waals surface area contributed by atoms with Crippen molar-refractivity contribution in [3.63, 3.8) is 0 Å². The Morgan fingerprint density at radius 2 is 2.31 bits per heavy atom. The fraction of sp³-hybridized carbons (Fsp3) is 0.800. The lowest BCUT2D eigenvalue weighted by atomic mass is 10.2. The van der Waals surface area contributed by atoms with E-state index in [2.05, 4.69) is 5.32 Å². The third-order valence-electron chi connectivity index (χ3n) is 2.81. The molecule has 0 aromatic rings. The Morgan fingerprint density at radius 3 is 2.94 bits per heavy atom. The summed E-state index contributed by atoms with van der Waals surface area (Å²) in [5, 5.41) is 2.67. The van der Waals surface area contributed by atoms with Crippen LogP contribution in [0.5, 0.6) is 0 Å². The Kier molecular flexibility index (Phi) is 2.86. The predicted molar refractivity (Wildman–Crippen MR) is 54.5 cm³/mol. The Labute approximate surface area is 93.9 Å². The van der Waals surface area contributed by atoms with Crippen molar-refractivity contribution in [3.05, 3.63) is 0 Å². The lowest BCUT2D eigenvalue weighted by molar-refractivity contribution is -0.208. The molecule has 2 bridgehead atoms. The van der Waals surface area contributed by atoms with Crippen LogP contribution >= 0.6 is 0 Å². The first-order valence-corrected chi connectivity index (χ1v) is 5.43. The summed E-state index contributed by atoms with van der Waals surface area (Å²) in [6.45, 7) is 4.85. The molecule has 0 saturated carbocycles. The maximum atomic E-state index is 11.8. The smallest absolute Gasteiger partial charge is 0.282 e. The largest absolute Gasteiger partial charge is 0.352 e. The highest BCUT2D eigenvalue weighted by Gasteiger charge is 2.53. The van der Waals surface area contributed by atoms with E-state index in [4.69, 9.17) is 9.47 Å². The van der Waals surface area contributed by atoms with Gasteiger partial charge in [0.05, 0.1) is 13.2 Å². The van der Waals surface area contributed by atoms with E-state index in [1.54, 1.807) is 4.90 Å². The van der Waals surface area contributed by atoms with Crippen molar-refractivity contribution in [2.45, 2.75) is 25.7 Å². The molecule has 2 rings (SSSR count). The number of nitrogens with zero attached hydrogens (tertiary/aromatic N) is 1. The molecule has 2 heterocycles. The highest BCUT2D eigenvalue weighted by Crippen LogP contribution is 2.30. The fourth-order valence-electron chi connectivity index (χ4n) is 2.03. The molecule has 0 aliphatic carbocycles. The number of carbonyl (C=O) groups is 2. The summed E-state index contributed by atoms with van der Waals surface area (Å²) < 4.78 is 11.0. The molecule has 16 heavy (non-hydrogen) atoms. The highest BCUT2D eigenvalue weighted by atomic mass is 16.8. The number of morpholine rings is 1. The number of carbonyl (C=O) groups excluding carboxylic acids is 2. The Hall–Kier alpha value is -1.14. The van der Waals surface area contributed by atoms with E-state index in [9.17, 15) is 9.59 Å². The summed E-state index contributed by atoms with van der Waals surface area (Å²) in [4.78, 5) is 24.8. The fourth-order valence-corrected chi connectivity index (χ4v) is 2.03. The van der Waals surface area contributed by atoms with Gasteiger partial charge in [0.15, 0.2) is 0 Å². The monoisotopic (exact) mass is 228 g/mol. The van der Waals surface area contributed by atoms with Gasteiger partial charge in [-0.25, -0.2) is 0 Å². The van der Waals surface area contributed by atoms with Gasteiger partial charge < -0.3 is 19.7 Å². The minimum atomic E-state index is -1.29. The van der Waals surface area contributed by atoms with Crippen LogP contribution in [0.2, 0.25) is 0 Å². The zero-order chi connectivity index (χ0) is 11.8. The van der Waals surface area contributed by atoms with Crippen molar-refractivity contribution < 1.29 is 19.1 Å². The van der Waals surface area contributed by atoms with Gasteiger partial charge >= 0.3 is 0 Å². The van der Waals surface area contributed by atoms with Crippen LogP contribution in [0.3, 0.4) is 0 Å². The summed E-state index contributed by atoms with van der Waals surface area (Å²) >= 11 is 0. The molecule has 2 amide bonds. The van der Waals surface area contributed by atoms with Crippen molar-refractivity contribution in [1.82, 2.24) is 10.2 Å². The quantitative estimate of drug-likeness (QED) is 0.665. The molecule has 6 heteroatoms. The number of ether oxygens (including phenoxy) is 2. The summed E-state index contributed by atoms with van der Waals surface area (Å²) in [5.41, 5.74) is 0. The molecule has 2 aliphatic heterocycles. The molecule has 0 unspecified atom stereocenters. The summed E-state index contributed by atoms with van der Waals surface area (Å²) in [6.07, 6.45) is -0.194. The number of fused-ring (bicyclic) bond motifs is 2. The second-order valence-electron chi connectivity index (χ2n) is 4.06. The minimum Gasteiger partial charge on any atom is -0.352 e. The van der Waals surface area contributed by atoms with Gasteiger partial charge in [0.2, 0.25) is 5.91 Å². The van der Waals surface area contributed by atoms with E-state index in [0.29, 0.717) is 19.7 Å². The van der Waals surface area contributed by atoms with Crippen LogP contribution in [0.15, 0.2) is 0 Å². The minimum absolute atomic E-state index is 0.0625. The third kappa shape index (κ3) is 1.78. The topological polar surface area (TPSA) is 67.9 Å². The van der Waals surface area contributed by atoms with Gasteiger partial charge in [-0.15, -0.1) is 0 Å². The Bertz CT molecular complexity index is 320. The van der Waals surface area contributed by atoms with Crippen molar-refractivity contribution in [1.29, 1.82) is 0 Å².